The van der Waals surface area contributed by atoms with Gasteiger partial charge in [-0.25, -0.2) is 0 Å². The quantitative estimate of drug-likeness (QED) is 0.776. The van der Waals surface area contributed by atoms with Crippen LogP contribution in [0.15, 0.2) is 23.1 Å². The maximum Gasteiger partial charge on any atom is 0.223 e. The molecular weight excluding hydrogens is 348 g/mol. The number of ether oxygens (including phenoxy) is 2. The predicted molar refractivity (Wildman–Crippen MR) is 101 cm³/mol. The largest absolute Gasteiger partial charge is 0.493 e. The van der Waals surface area contributed by atoms with E-state index in [1.807, 2.05) is 23.1 Å². The van der Waals surface area contributed by atoms with Gasteiger partial charge < -0.3 is 19.7 Å². The Balaban J connectivity index is 0.00000288. The molecule has 2 unspecified atom stereocenters. The molecule has 2 atom stereocenters. The van der Waals surface area contributed by atoms with E-state index >= 15 is 0 Å². The first-order valence-electron chi connectivity index (χ1n) is 7.94. The van der Waals surface area contributed by atoms with E-state index in [1.165, 1.54) is 0 Å². The Labute approximate surface area is 154 Å². The van der Waals surface area contributed by atoms with E-state index in [1.54, 1.807) is 26.0 Å². The number of nitrogens with zero attached hydrogens (tertiary/aromatic N) is 1. The molecule has 24 heavy (non-hydrogen) atoms. The number of hydrogen-bond acceptors (Lipinski definition) is 5. The van der Waals surface area contributed by atoms with Gasteiger partial charge in [-0.2, -0.15) is 0 Å². The number of piperazine rings is 1. The zero-order valence-corrected chi connectivity index (χ0v) is 16.3. The zero-order valence-electron chi connectivity index (χ0n) is 14.7. The molecule has 1 aromatic rings. The van der Waals surface area contributed by atoms with Crippen molar-refractivity contribution in [2.24, 2.45) is 0 Å². The minimum Gasteiger partial charge on any atom is -0.493 e. The molecule has 0 bridgehead atoms. The summed E-state index contributed by atoms with van der Waals surface area (Å²) in [5.74, 6) is 2.43. The Morgan fingerprint density at radius 2 is 2.00 bits per heavy atom. The summed E-state index contributed by atoms with van der Waals surface area (Å²) in [5, 5.41) is 3.40. The van der Waals surface area contributed by atoms with Gasteiger partial charge in [0.2, 0.25) is 5.91 Å². The fourth-order valence-electron chi connectivity index (χ4n) is 2.71. The van der Waals surface area contributed by atoms with Crippen molar-refractivity contribution in [3.05, 3.63) is 18.2 Å². The molecule has 1 heterocycles. The van der Waals surface area contributed by atoms with E-state index < -0.39 is 0 Å². The maximum atomic E-state index is 12.4. The summed E-state index contributed by atoms with van der Waals surface area (Å²) in [6.07, 6.45) is 0.552. The first-order chi connectivity index (χ1) is 11.1. The van der Waals surface area contributed by atoms with Crippen molar-refractivity contribution < 1.29 is 14.3 Å². The summed E-state index contributed by atoms with van der Waals surface area (Å²) < 4.78 is 10.5. The second kappa shape index (κ2) is 10.0. The first kappa shape index (κ1) is 20.9. The first-order valence-corrected chi connectivity index (χ1v) is 8.93. The molecular formula is C17H27ClN2O3S. The summed E-state index contributed by atoms with van der Waals surface area (Å²) in [6, 6.07) is 6.44. The summed E-state index contributed by atoms with van der Waals surface area (Å²) in [5.41, 5.74) is 0. The Bertz CT molecular complexity index is 545. The molecule has 0 saturated carbocycles. The molecule has 1 N–H and O–H groups in total. The summed E-state index contributed by atoms with van der Waals surface area (Å²) in [4.78, 5) is 15.5. The van der Waals surface area contributed by atoms with E-state index in [4.69, 9.17) is 9.47 Å². The second-order valence-corrected chi connectivity index (χ2v) is 6.85. The lowest BCUT2D eigenvalue weighted by atomic mass is 10.1. The van der Waals surface area contributed by atoms with Crippen LogP contribution in [0, 0.1) is 0 Å². The number of halogens is 1. The van der Waals surface area contributed by atoms with Crippen LogP contribution in [0.3, 0.4) is 0 Å². The standard InChI is InChI=1S/C17H26N2O3S.ClH/c1-12-13(2)19(9-8-18-12)17(20)7-10-23-14-5-6-15(21-3)16(11-14)22-4;/h5-6,11-13,18H,7-10H2,1-4H3;1H. The fourth-order valence-corrected chi connectivity index (χ4v) is 3.58. The van der Waals surface area contributed by atoms with Gasteiger partial charge in [-0.05, 0) is 32.0 Å². The van der Waals surface area contributed by atoms with Crippen LogP contribution in [0.5, 0.6) is 11.5 Å². The van der Waals surface area contributed by atoms with E-state index in [0.717, 1.165) is 29.5 Å². The number of amides is 1. The number of methoxy groups -OCH3 is 2. The number of carbonyl (C=O) groups excluding carboxylic acids is 1. The average molecular weight is 375 g/mol. The third kappa shape index (κ3) is 5.19. The SMILES string of the molecule is COc1ccc(SCCC(=O)N2CCNC(C)C2C)cc1OC.Cl. The number of rotatable bonds is 6. The molecule has 0 spiro atoms. The Hall–Kier alpha value is -1.11. The molecule has 1 saturated heterocycles. The number of carbonyl (C=O) groups is 1. The van der Waals surface area contributed by atoms with Gasteiger partial charge in [0, 0.05) is 42.2 Å². The molecule has 5 nitrogen and oxygen atoms in total. The number of nitrogens with one attached hydrogen (secondary N) is 1. The van der Waals surface area contributed by atoms with Crippen molar-refractivity contribution in [3.8, 4) is 11.5 Å². The molecule has 1 aliphatic heterocycles. The number of hydrogen-bond donors (Lipinski definition) is 1. The van der Waals surface area contributed by atoms with Crippen molar-refractivity contribution in [2.75, 3.05) is 33.1 Å². The number of thioether (sulfide) groups is 1. The summed E-state index contributed by atoms with van der Waals surface area (Å²) in [7, 11) is 3.25. The van der Waals surface area contributed by atoms with Crippen LogP contribution in [0.4, 0.5) is 0 Å². The molecule has 1 aromatic carbocycles. The summed E-state index contributed by atoms with van der Waals surface area (Å²) >= 11 is 1.66. The summed E-state index contributed by atoms with van der Waals surface area (Å²) in [6.45, 7) is 5.91. The van der Waals surface area contributed by atoms with Gasteiger partial charge in [-0.15, -0.1) is 24.2 Å². The highest BCUT2D eigenvalue weighted by Crippen LogP contribution is 2.32. The van der Waals surface area contributed by atoms with E-state index in [9.17, 15) is 4.79 Å². The molecule has 1 amide bonds. The molecule has 1 aliphatic rings. The minimum atomic E-state index is 0. The van der Waals surface area contributed by atoms with Crippen LogP contribution in [0.1, 0.15) is 20.3 Å². The smallest absolute Gasteiger partial charge is 0.223 e. The van der Waals surface area contributed by atoms with Crippen molar-refractivity contribution in [1.29, 1.82) is 0 Å². The highest BCUT2D eigenvalue weighted by molar-refractivity contribution is 7.99. The highest BCUT2D eigenvalue weighted by Gasteiger charge is 2.27. The lowest BCUT2D eigenvalue weighted by Crippen LogP contribution is -2.57. The van der Waals surface area contributed by atoms with Gasteiger partial charge in [0.25, 0.3) is 0 Å². The normalized spacial score (nSPS) is 20.2. The zero-order chi connectivity index (χ0) is 16.8. The molecule has 136 valence electrons. The maximum absolute atomic E-state index is 12.4. The topological polar surface area (TPSA) is 50.8 Å². The van der Waals surface area contributed by atoms with Crippen molar-refractivity contribution >= 4 is 30.1 Å². The molecule has 0 aromatic heterocycles. The van der Waals surface area contributed by atoms with Gasteiger partial charge in [-0.3, -0.25) is 4.79 Å². The van der Waals surface area contributed by atoms with E-state index in [2.05, 4.69) is 19.2 Å². The van der Waals surface area contributed by atoms with Gasteiger partial charge in [0.1, 0.15) is 0 Å². The fraction of sp³-hybridized carbons (Fsp3) is 0.588. The van der Waals surface area contributed by atoms with Crippen molar-refractivity contribution in [2.45, 2.75) is 37.2 Å². The van der Waals surface area contributed by atoms with Crippen LogP contribution in [-0.4, -0.2) is 56.0 Å². The third-order valence-corrected chi connectivity index (χ3v) is 5.29. The number of benzene rings is 1. The lowest BCUT2D eigenvalue weighted by molar-refractivity contribution is -0.134. The van der Waals surface area contributed by atoms with Crippen LogP contribution >= 0.6 is 24.2 Å². The van der Waals surface area contributed by atoms with Crippen LogP contribution in [0.25, 0.3) is 0 Å². The monoisotopic (exact) mass is 374 g/mol. The minimum absolute atomic E-state index is 0. The highest BCUT2D eigenvalue weighted by atomic mass is 35.5. The molecule has 0 aliphatic carbocycles. The van der Waals surface area contributed by atoms with Gasteiger partial charge in [0.15, 0.2) is 11.5 Å². The van der Waals surface area contributed by atoms with Gasteiger partial charge >= 0.3 is 0 Å². The van der Waals surface area contributed by atoms with Crippen LogP contribution in [0.2, 0.25) is 0 Å². The molecule has 7 heteroatoms. The van der Waals surface area contributed by atoms with Crippen molar-refractivity contribution in [1.82, 2.24) is 10.2 Å². The second-order valence-electron chi connectivity index (χ2n) is 5.69. The molecule has 0 radical (unpaired) electrons. The Morgan fingerprint density at radius 1 is 1.29 bits per heavy atom. The van der Waals surface area contributed by atoms with E-state index in [0.29, 0.717) is 18.2 Å². The van der Waals surface area contributed by atoms with Gasteiger partial charge in [-0.1, -0.05) is 0 Å². The molecule has 2 rings (SSSR count). The Morgan fingerprint density at radius 3 is 2.67 bits per heavy atom. The van der Waals surface area contributed by atoms with Gasteiger partial charge in [0.05, 0.1) is 14.2 Å². The molecule has 1 fully saturated rings. The van der Waals surface area contributed by atoms with Crippen LogP contribution < -0.4 is 14.8 Å². The van der Waals surface area contributed by atoms with Crippen molar-refractivity contribution in [3.63, 3.8) is 0 Å². The lowest BCUT2D eigenvalue weighted by Gasteiger charge is -2.38. The average Bonchev–Trinajstić information content (AvgIpc) is 2.57. The third-order valence-electron chi connectivity index (χ3n) is 4.29. The van der Waals surface area contributed by atoms with Crippen LogP contribution in [-0.2, 0) is 4.79 Å². The van der Waals surface area contributed by atoms with E-state index in [-0.39, 0.29) is 24.4 Å². The predicted octanol–water partition coefficient (Wildman–Crippen LogP) is 2.82. The Kier molecular flexibility index (Phi) is 8.73.